The van der Waals surface area contributed by atoms with E-state index in [1.54, 1.807) is 0 Å². The molecule has 0 aromatic rings. The summed E-state index contributed by atoms with van der Waals surface area (Å²) in [6.45, 7) is 4.32. The van der Waals surface area contributed by atoms with Crippen LogP contribution >= 0.6 is 0 Å². The molecule has 78 valence electrons. The van der Waals surface area contributed by atoms with Gasteiger partial charge in [0.2, 0.25) is 6.41 Å². The second kappa shape index (κ2) is 8.05. The summed E-state index contributed by atoms with van der Waals surface area (Å²) in [5.74, 6) is 0.218. The predicted molar refractivity (Wildman–Crippen MR) is 53.4 cm³/mol. The molecule has 0 aromatic carbocycles. The number of aliphatic hydroxyl groups excluding tert-OH is 1. The van der Waals surface area contributed by atoms with Gasteiger partial charge in [-0.25, -0.2) is 0 Å². The van der Waals surface area contributed by atoms with Gasteiger partial charge in [0.05, 0.1) is 0 Å². The van der Waals surface area contributed by atoms with Crippen LogP contribution in [0.1, 0.15) is 39.5 Å². The zero-order valence-electron chi connectivity index (χ0n) is 8.62. The SMILES string of the molecule is CCCCC(CO)C(CC)NC=O. The molecule has 0 spiro atoms. The van der Waals surface area contributed by atoms with Crippen molar-refractivity contribution in [2.24, 2.45) is 5.92 Å². The molecule has 0 radical (unpaired) electrons. The molecule has 1 amide bonds. The van der Waals surface area contributed by atoms with Gasteiger partial charge in [0.1, 0.15) is 0 Å². The van der Waals surface area contributed by atoms with Gasteiger partial charge in [-0.05, 0) is 12.8 Å². The van der Waals surface area contributed by atoms with Crippen molar-refractivity contribution in [2.45, 2.75) is 45.6 Å². The van der Waals surface area contributed by atoms with Crippen LogP contribution in [0, 0.1) is 5.92 Å². The molecule has 13 heavy (non-hydrogen) atoms. The molecule has 3 nitrogen and oxygen atoms in total. The largest absolute Gasteiger partial charge is 0.396 e. The maximum absolute atomic E-state index is 10.3. The van der Waals surface area contributed by atoms with Crippen molar-refractivity contribution in [2.75, 3.05) is 6.61 Å². The van der Waals surface area contributed by atoms with Crippen LogP contribution in [0.4, 0.5) is 0 Å². The molecular weight excluding hydrogens is 166 g/mol. The molecule has 0 aromatic heterocycles. The summed E-state index contributed by atoms with van der Waals surface area (Å²) in [6.07, 6.45) is 4.85. The minimum atomic E-state index is 0.133. The van der Waals surface area contributed by atoms with Gasteiger partial charge in [-0.15, -0.1) is 0 Å². The molecule has 0 aliphatic carbocycles. The summed E-state index contributed by atoms with van der Waals surface area (Å²) < 4.78 is 0. The first-order valence-electron chi connectivity index (χ1n) is 5.10. The van der Waals surface area contributed by atoms with Gasteiger partial charge in [-0.1, -0.05) is 26.7 Å². The van der Waals surface area contributed by atoms with E-state index < -0.39 is 0 Å². The fraction of sp³-hybridized carbons (Fsp3) is 0.900. The fourth-order valence-corrected chi connectivity index (χ4v) is 1.56. The van der Waals surface area contributed by atoms with Crippen molar-refractivity contribution in [3.63, 3.8) is 0 Å². The van der Waals surface area contributed by atoms with Crippen molar-refractivity contribution in [1.29, 1.82) is 0 Å². The third kappa shape index (κ3) is 4.88. The number of unbranched alkanes of at least 4 members (excludes halogenated alkanes) is 1. The lowest BCUT2D eigenvalue weighted by Gasteiger charge is -2.23. The van der Waals surface area contributed by atoms with Crippen molar-refractivity contribution < 1.29 is 9.90 Å². The maximum Gasteiger partial charge on any atom is 0.207 e. The fourth-order valence-electron chi connectivity index (χ4n) is 1.56. The lowest BCUT2D eigenvalue weighted by Crippen LogP contribution is -2.36. The maximum atomic E-state index is 10.3. The molecule has 0 saturated carbocycles. The first kappa shape index (κ1) is 12.4. The Bertz CT molecular complexity index is 128. The van der Waals surface area contributed by atoms with Crippen LogP contribution < -0.4 is 5.32 Å². The Hall–Kier alpha value is -0.570. The average molecular weight is 187 g/mol. The molecule has 0 heterocycles. The number of carbonyl (C=O) groups excluding carboxylic acids is 1. The first-order chi connectivity index (χ1) is 6.29. The van der Waals surface area contributed by atoms with Crippen LogP contribution in [0.25, 0.3) is 0 Å². The Kier molecular flexibility index (Phi) is 7.69. The lowest BCUT2D eigenvalue weighted by atomic mass is 9.93. The molecule has 0 aliphatic heterocycles. The second-order valence-electron chi connectivity index (χ2n) is 3.38. The topological polar surface area (TPSA) is 49.3 Å². The van der Waals surface area contributed by atoms with Crippen molar-refractivity contribution in [3.05, 3.63) is 0 Å². The highest BCUT2D eigenvalue weighted by molar-refractivity contribution is 5.46. The van der Waals surface area contributed by atoms with Crippen molar-refractivity contribution in [3.8, 4) is 0 Å². The monoisotopic (exact) mass is 187 g/mol. The van der Waals surface area contributed by atoms with Gasteiger partial charge >= 0.3 is 0 Å². The number of rotatable bonds is 8. The van der Waals surface area contributed by atoms with Gasteiger partial charge in [-0.2, -0.15) is 0 Å². The summed E-state index contributed by atoms with van der Waals surface area (Å²) in [5.41, 5.74) is 0. The van der Waals surface area contributed by atoms with E-state index in [1.807, 2.05) is 6.92 Å². The van der Waals surface area contributed by atoms with Gasteiger partial charge in [0.25, 0.3) is 0 Å². The highest BCUT2D eigenvalue weighted by atomic mass is 16.3. The van der Waals surface area contributed by atoms with Crippen molar-refractivity contribution >= 4 is 6.41 Å². The molecule has 0 aliphatic rings. The van der Waals surface area contributed by atoms with Crippen LogP contribution in [0.2, 0.25) is 0 Å². The summed E-state index contributed by atoms with van der Waals surface area (Å²) in [4.78, 5) is 10.3. The number of carbonyl (C=O) groups is 1. The Morgan fingerprint density at radius 3 is 2.54 bits per heavy atom. The van der Waals surface area contributed by atoms with Gasteiger partial charge in [0.15, 0.2) is 0 Å². The van der Waals surface area contributed by atoms with Crippen LogP contribution in [0.3, 0.4) is 0 Å². The van der Waals surface area contributed by atoms with E-state index in [1.165, 1.54) is 0 Å². The Balaban J connectivity index is 3.91. The molecule has 0 saturated heterocycles. The Morgan fingerprint density at radius 2 is 2.15 bits per heavy atom. The van der Waals surface area contributed by atoms with Gasteiger partial charge in [0, 0.05) is 18.6 Å². The molecule has 2 unspecified atom stereocenters. The molecular formula is C10H21NO2. The average Bonchev–Trinajstić information content (AvgIpc) is 2.17. The highest BCUT2D eigenvalue weighted by Gasteiger charge is 2.17. The third-order valence-corrected chi connectivity index (χ3v) is 2.45. The number of aliphatic hydroxyl groups is 1. The third-order valence-electron chi connectivity index (χ3n) is 2.45. The zero-order chi connectivity index (χ0) is 10.1. The van der Waals surface area contributed by atoms with Crippen LogP contribution in [-0.2, 0) is 4.79 Å². The Labute approximate surface area is 80.5 Å². The van der Waals surface area contributed by atoms with E-state index in [-0.39, 0.29) is 18.6 Å². The Morgan fingerprint density at radius 1 is 1.46 bits per heavy atom. The van der Waals surface area contributed by atoms with Crippen LogP contribution in [0.15, 0.2) is 0 Å². The summed E-state index contributed by atoms with van der Waals surface area (Å²) >= 11 is 0. The normalized spacial score (nSPS) is 15.0. The van der Waals surface area contributed by atoms with E-state index in [4.69, 9.17) is 5.11 Å². The molecule has 2 N–H and O–H groups in total. The van der Waals surface area contributed by atoms with E-state index in [2.05, 4.69) is 12.2 Å². The highest BCUT2D eigenvalue weighted by Crippen LogP contribution is 2.14. The smallest absolute Gasteiger partial charge is 0.207 e. The molecule has 0 rings (SSSR count). The summed E-state index contributed by atoms with van der Waals surface area (Å²) in [6, 6.07) is 0.133. The zero-order valence-corrected chi connectivity index (χ0v) is 8.62. The van der Waals surface area contributed by atoms with E-state index >= 15 is 0 Å². The second-order valence-corrected chi connectivity index (χ2v) is 3.38. The minimum absolute atomic E-state index is 0.133. The number of amides is 1. The van der Waals surface area contributed by atoms with E-state index in [9.17, 15) is 4.79 Å². The number of nitrogens with one attached hydrogen (secondary N) is 1. The number of hydrogen-bond donors (Lipinski definition) is 2. The van der Waals surface area contributed by atoms with Gasteiger partial charge in [-0.3, -0.25) is 4.79 Å². The molecule has 2 atom stereocenters. The van der Waals surface area contributed by atoms with Crippen LogP contribution in [-0.4, -0.2) is 24.2 Å². The standard InChI is InChI=1S/C10H21NO2/c1-3-5-6-9(7-12)10(4-2)11-8-13/h8-10,12H,3-7H2,1-2H3,(H,11,13). The molecule has 3 heteroatoms. The summed E-state index contributed by atoms with van der Waals surface area (Å²) in [7, 11) is 0. The summed E-state index contributed by atoms with van der Waals surface area (Å²) in [5, 5.41) is 11.9. The predicted octanol–water partition coefficient (Wildman–Crippen LogP) is 1.31. The quantitative estimate of drug-likeness (QED) is 0.563. The molecule has 0 fully saturated rings. The van der Waals surface area contributed by atoms with Crippen LogP contribution in [0.5, 0.6) is 0 Å². The van der Waals surface area contributed by atoms with E-state index in [0.29, 0.717) is 0 Å². The van der Waals surface area contributed by atoms with Crippen molar-refractivity contribution in [1.82, 2.24) is 5.32 Å². The van der Waals surface area contributed by atoms with E-state index in [0.717, 1.165) is 32.1 Å². The van der Waals surface area contributed by atoms with Gasteiger partial charge < -0.3 is 10.4 Å². The number of hydrogen-bond acceptors (Lipinski definition) is 2. The first-order valence-corrected chi connectivity index (χ1v) is 5.10. The lowest BCUT2D eigenvalue weighted by molar-refractivity contribution is -0.110. The molecule has 0 bridgehead atoms. The minimum Gasteiger partial charge on any atom is -0.396 e.